The molecule has 1 saturated carbocycles. The van der Waals surface area contributed by atoms with E-state index >= 15 is 0 Å². The molecular formula is C25H35N3O4. The summed E-state index contributed by atoms with van der Waals surface area (Å²) in [5, 5.41) is 8.51. The molecule has 3 rings (SSSR count). The zero-order chi connectivity index (χ0) is 22.9. The maximum Gasteiger partial charge on any atom is 0.338 e. The number of carbonyl (C=O) groups excluding carboxylic acids is 3. The van der Waals surface area contributed by atoms with Crippen LogP contribution in [0.3, 0.4) is 0 Å². The zero-order valence-corrected chi connectivity index (χ0v) is 19.2. The number of unbranched alkanes of at least 4 members (excludes halogenated alkanes) is 1. The van der Waals surface area contributed by atoms with Crippen LogP contribution in [0.2, 0.25) is 0 Å². The number of esters is 1. The van der Waals surface area contributed by atoms with Crippen LogP contribution in [0.4, 0.5) is 10.5 Å². The third-order valence-corrected chi connectivity index (χ3v) is 6.19. The maximum atomic E-state index is 13.1. The molecule has 1 aromatic rings. The summed E-state index contributed by atoms with van der Waals surface area (Å²) in [5.74, 6) is 0.00959. The first-order valence-corrected chi connectivity index (χ1v) is 11.9. The lowest BCUT2D eigenvalue weighted by atomic mass is 9.90. The van der Waals surface area contributed by atoms with Crippen molar-refractivity contribution < 1.29 is 19.1 Å². The molecule has 1 aromatic carbocycles. The molecule has 1 fully saturated rings. The molecule has 3 N–H and O–H groups in total. The van der Waals surface area contributed by atoms with Crippen molar-refractivity contribution in [3.63, 3.8) is 0 Å². The standard InChI is InChI=1S/C25H35N3O4/c1-3-5-11-21(29)26-19-14-12-18(13-15-19)23-22(20(4-2)27-25(31)28-23)24(30)32-16-17-9-7-6-8-10-17/h12-15,17,23H,3-11,16H2,1-2H3,(H,26,29)(H2,27,28,31). The highest BCUT2D eigenvalue weighted by atomic mass is 16.5. The van der Waals surface area contributed by atoms with Crippen molar-refractivity contribution in [1.82, 2.24) is 10.6 Å². The van der Waals surface area contributed by atoms with Crippen molar-refractivity contribution in [2.75, 3.05) is 11.9 Å². The first-order valence-electron chi connectivity index (χ1n) is 11.9. The summed E-state index contributed by atoms with van der Waals surface area (Å²) in [7, 11) is 0. The van der Waals surface area contributed by atoms with Gasteiger partial charge in [0.05, 0.1) is 18.2 Å². The average Bonchev–Trinajstić information content (AvgIpc) is 2.81. The second kappa shape index (κ2) is 11.7. The van der Waals surface area contributed by atoms with Crippen molar-refractivity contribution >= 4 is 23.6 Å². The number of allylic oxidation sites excluding steroid dienone is 1. The molecule has 32 heavy (non-hydrogen) atoms. The summed E-state index contributed by atoms with van der Waals surface area (Å²) in [5.41, 5.74) is 2.49. The Morgan fingerprint density at radius 2 is 1.81 bits per heavy atom. The number of anilines is 1. The molecule has 1 unspecified atom stereocenters. The summed E-state index contributed by atoms with van der Waals surface area (Å²) >= 11 is 0. The highest BCUT2D eigenvalue weighted by molar-refractivity contribution is 5.95. The normalized spacial score (nSPS) is 19.2. The fourth-order valence-electron chi connectivity index (χ4n) is 4.33. The lowest BCUT2D eigenvalue weighted by Crippen LogP contribution is -2.46. The summed E-state index contributed by atoms with van der Waals surface area (Å²) in [6, 6.07) is 6.31. The van der Waals surface area contributed by atoms with Gasteiger partial charge in [-0.3, -0.25) is 4.79 Å². The van der Waals surface area contributed by atoms with Crippen LogP contribution in [0.1, 0.15) is 83.2 Å². The Morgan fingerprint density at radius 3 is 2.47 bits per heavy atom. The number of carbonyl (C=O) groups is 3. The van der Waals surface area contributed by atoms with Gasteiger partial charge in [-0.1, -0.05) is 51.7 Å². The minimum atomic E-state index is -0.595. The average molecular weight is 442 g/mol. The molecule has 0 saturated heterocycles. The van der Waals surface area contributed by atoms with Crippen LogP contribution in [0.5, 0.6) is 0 Å². The molecule has 1 atom stereocenters. The van der Waals surface area contributed by atoms with Gasteiger partial charge >= 0.3 is 12.0 Å². The number of amides is 3. The number of urea groups is 1. The van der Waals surface area contributed by atoms with E-state index in [1.54, 1.807) is 12.1 Å². The number of ether oxygens (including phenoxy) is 1. The first-order chi connectivity index (χ1) is 15.5. The van der Waals surface area contributed by atoms with Gasteiger partial charge in [0.2, 0.25) is 5.91 Å². The molecule has 174 valence electrons. The molecule has 1 aliphatic heterocycles. The minimum absolute atomic E-state index is 0.0186. The highest BCUT2D eigenvalue weighted by Crippen LogP contribution is 2.30. The quantitative estimate of drug-likeness (QED) is 0.472. The van der Waals surface area contributed by atoms with E-state index in [0.717, 1.165) is 31.2 Å². The fraction of sp³-hybridized carbons (Fsp3) is 0.560. The van der Waals surface area contributed by atoms with Crippen LogP contribution in [-0.4, -0.2) is 24.5 Å². The fourth-order valence-corrected chi connectivity index (χ4v) is 4.33. The van der Waals surface area contributed by atoms with Gasteiger partial charge in [-0.05, 0) is 49.3 Å². The van der Waals surface area contributed by atoms with Gasteiger partial charge in [0.15, 0.2) is 0 Å². The number of hydrogen-bond donors (Lipinski definition) is 3. The molecule has 0 aromatic heterocycles. The SMILES string of the molecule is CCCCC(=O)Nc1ccc(C2NC(=O)NC(CC)=C2C(=O)OCC2CCCCC2)cc1. The van der Waals surface area contributed by atoms with Crippen LogP contribution in [0, 0.1) is 5.92 Å². The van der Waals surface area contributed by atoms with Gasteiger partial charge in [-0.2, -0.15) is 0 Å². The Morgan fingerprint density at radius 1 is 1.09 bits per heavy atom. The molecule has 0 spiro atoms. The predicted molar refractivity (Wildman–Crippen MR) is 124 cm³/mol. The monoisotopic (exact) mass is 441 g/mol. The lowest BCUT2D eigenvalue weighted by Gasteiger charge is -2.30. The van der Waals surface area contributed by atoms with E-state index in [0.29, 0.717) is 42.3 Å². The smallest absolute Gasteiger partial charge is 0.338 e. The summed E-state index contributed by atoms with van der Waals surface area (Å²) in [4.78, 5) is 37.3. The molecule has 1 heterocycles. The van der Waals surface area contributed by atoms with Crippen LogP contribution in [0.25, 0.3) is 0 Å². The number of nitrogens with one attached hydrogen (secondary N) is 3. The molecule has 0 radical (unpaired) electrons. The number of rotatable bonds is 9. The predicted octanol–water partition coefficient (Wildman–Crippen LogP) is 4.96. The lowest BCUT2D eigenvalue weighted by molar-refractivity contribution is -0.141. The number of benzene rings is 1. The Bertz CT molecular complexity index is 841. The Kier molecular flexibility index (Phi) is 8.71. The van der Waals surface area contributed by atoms with Crippen molar-refractivity contribution in [3.8, 4) is 0 Å². The van der Waals surface area contributed by atoms with Gasteiger partial charge in [0.25, 0.3) is 0 Å². The van der Waals surface area contributed by atoms with Crippen molar-refractivity contribution in [1.29, 1.82) is 0 Å². The maximum absolute atomic E-state index is 13.1. The van der Waals surface area contributed by atoms with E-state index in [2.05, 4.69) is 16.0 Å². The van der Waals surface area contributed by atoms with Gasteiger partial charge < -0.3 is 20.7 Å². The number of hydrogen-bond acceptors (Lipinski definition) is 4. The van der Waals surface area contributed by atoms with Crippen molar-refractivity contribution in [3.05, 3.63) is 41.1 Å². The van der Waals surface area contributed by atoms with E-state index in [9.17, 15) is 14.4 Å². The second-order valence-electron chi connectivity index (χ2n) is 8.65. The highest BCUT2D eigenvalue weighted by Gasteiger charge is 2.33. The third kappa shape index (κ3) is 6.34. The van der Waals surface area contributed by atoms with E-state index in [1.807, 2.05) is 26.0 Å². The van der Waals surface area contributed by atoms with E-state index in [4.69, 9.17) is 4.74 Å². The van der Waals surface area contributed by atoms with Gasteiger partial charge in [-0.15, -0.1) is 0 Å². The van der Waals surface area contributed by atoms with Crippen molar-refractivity contribution in [2.24, 2.45) is 5.92 Å². The summed E-state index contributed by atoms with van der Waals surface area (Å²) in [6.45, 7) is 4.37. The molecule has 0 bridgehead atoms. The first kappa shape index (κ1) is 23.8. The molecule has 7 heteroatoms. The van der Waals surface area contributed by atoms with Crippen molar-refractivity contribution in [2.45, 2.75) is 77.7 Å². The van der Waals surface area contributed by atoms with E-state index in [1.165, 1.54) is 19.3 Å². The molecule has 3 amide bonds. The third-order valence-electron chi connectivity index (χ3n) is 6.19. The molecule has 1 aliphatic carbocycles. The summed E-state index contributed by atoms with van der Waals surface area (Å²) in [6.07, 6.45) is 8.64. The minimum Gasteiger partial charge on any atom is -0.462 e. The van der Waals surface area contributed by atoms with Crippen LogP contribution < -0.4 is 16.0 Å². The van der Waals surface area contributed by atoms with Crippen LogP contribution >= 0.6 is 0 Å². The molecular weight excluding hydrogens is 406 g/mol. The summed E-state index contributed by atoms with van der Waals surface area (Å²) < 4.78 is 5.71. The molecule has 7 nitrogen and oxygen atoms in total. The zero-order valence-electron chi connectivity index (χ0n) is 19.2. The second-order valence-corrected chi connectivity index (χ2v) is 8.65. The Labute approximate surface area is 190 Å². The molecule has 2 aliphatic rings. The van der Waals surface area contributed by atoms with Crippen LogP contribution in [0.15, 0.2) is 35.5 Å². The van der Waals surface area contributed by atoms with Gasteiger partial charge in [-0.25, -0.2) is 9.59 Å². The van der Waals surface area contributed by atoms with Gasteiger partial charge in [0, 0.05) is 17.8 Å². The van der Waals surface area contributed by atoms with E-state index in [-0.39, 0.29) is 17.9 Å². The topological polar surface area (TPSA) is 96.5 Å². The van der Waals surface area contributed by atoms with E-state index < -0.39 is 6.04 Å². The Balaban J connectivity index is 1.74. The largest absolute Gasteiger partial charge is 0.462 e. The van der Waals surface area contributed by atoms with Gasteiger partial charge in [0.1, 0.15) is 0 Å². The Hall–Kier alpha value is -2.83. The van der Waals surface area contributed by atoms with Crippen LogP contribution in [-0.2, 0) is 14.3 Å².